The van der Waals surface area contributed by atoms with Gasteiger partial charge in [-0.1, -0.05) is 19.8 Å². The van der Waals surface area contributed by atoms with Gasteiger partial charge in [0.15, 0.2) is 0 Å². The van der Waals surface area contributed by atoms with Crippen molar-refractivity contribution in [3.8, 4) is 0 Å². The van der Waals surface area contributed by atoms with Crippen molar-refractivity contribution in [2.45, 2.75) is 82.4 Å². The van der Waals surface area contributed by atoms with Crippen molar-refractivity contribution in [2.75, 3.05) is 27.2 Å². The number of likely N-dealkylation sites (N-methyl/N-ethyl adjacent to an activating group) is 2. The SMILES string of the molecule is CCNC(CCCC1CCCO1)C1(N(C)C)CCCC1. The maximum Gasteiger partial charge on any atom is 0.0576 e. The Kier molecular flexibility index (Phi) is 6.31. The molecule has 1 aliphatic carbocycles. The molecule has 3 nitrogen and oxygen atoms in total. The molecule has 0 spiro atoms. The molecule has 0 aromatic carbocycles. The summed E-state index contributed by atoms with van der Waals surface area (Å²) in [6.45, 7) is 4.31. The zero-order valence-corrected chi connectivity index (χ0v) is 13.8. The van der Waals surface area contributed by atoms with Gasteiger partial charge in [-0.3, -0.25) is 0 Å². The lowest BCUT2D eigenvalue weighted by atomic mass is 9.83. The summed E-state index contributed by atoms with van der Waals surface area (Å²) in [6.07, 6.45) is 12.5. The van der Waals surface area contributed by atoms with Gasteiger partial charge in [0.25, 0.3) is 0 Å². The van der Waals surface area contributed by atoms with Gasteiger partial charge in [-0.15, -0.1) is 0 Å². The second kappa shape index (κ2) is 7.77. The minimum absolute atomic E-state index is 0.395. The van der Waals surface area contributed by atoms with E-state index in [4.69, 9.17) is 4.74 Å². The Bertz CT molecular complexity index is 268. The largest absolute Gasteiger partial charge is 0.378 e. The molecule has 2 aliphatic rings. The molecule has 118 valence electrons. The lowest BCUT2D eigenvalue weighted by molar-refractivity contribution is 0.0843. The molecule has 1 heterocycles. The molecule has 2 unspecified atom stereocenters. The number of rotatable bonds is 8. The number of nitrogens with one attached hydrogen (secondary N) is 1. The van der Waals surface area contributed by atoms with Gasteiger partial charge in [-0.2, -0.15) is 0 Å². The van der Waals surface area contributed by atoms with Gasteiger partial charge in [0.2, 0.25) is 0 Å². The molecule has 2 atom stereocenters. The van der Waals surface area contributed by atoms with Gasteiger partial charge in [-0.05, 0) is 65.6 Å². The number of nitrogens with zero attached hydrogens (tertiary/aromatic N) is 1. The van der Waals surface area contributed by atoms with Gasteiger partial charge in [0, 0.05) is 18.2 Å². The minimum Gasteiger partial charge on any atom is -0.378 e. The first-order valence-electron chi connectivity index (χ1n) is 8.71. The fourth-order valence-electron chi connectivity index (χ4n) is 4.32. The first-order chi connectivity index (χ1) is 9.69. The van der Waals surface area contributed by atoms with Crippen LogP contribution in [-0.2, 0) is 4.74 Å². The van der Waals surface area contributed by atoms with Crippen LogP contribution in [0, 0.1) is 0 Å². The predicted octanol–water partition coefficient (Wildman–Crippen LogP) is 3.19. The van der Waals surface area contributed by atoms with E-state index in [1.165, 1.54) is 57.8 Å². The summed E-state index contributed by atoms with van der Waals surface area (Å²) in [7, 11) is 4.55. The molecular formula is C17H34N2O. The van der Waals surface area contributed by atoms with Crippen LogP contribution in [0.25, 0.3) is 0 Å². The average molecular weight is 282 g/mol. The van der Waals surface area contributed by atoms with Crippen molar-refractivity contribution >= 4 is 0 Å². The highest BCUT2D eigenvalue weighted by atomic mass is 16.5. The summed E-state index contributed by atoms with van der Waals surface area (Å²) < 4.78 is 5.76. The molecule has 20 heavy (non-hydrogen) atoms. The van der Waals surface area contributed by atoms with Crippen molar-refractivity contribution < 1.29 is 4.74 Å². The maximum absolute atomic E-state index is 5.76. The Hall–Kier alpha value is -0.120. The first-order valence-corrected chi connectivity index (χ1v) is 8.71. The third kappa shape index (κ3) is 3.75. The lowest BCUT2D eigenvalue weighted by Crippen LogP contribution is -2.57. The van der Waals surface area contributed by atoms with Crippen molar-refractivity contribution in [3.05, 3.63) is 0 Å². The fraction of sp³-hybridized carbons (Fsp3) is 1.00. The van der Waals surface area contributed by atoms with Gasteiger partial charge in [0.05, 0.1) is 6.10 Å². The molecule has 0 aromatic rings. The molecule has 1 saturated heterocycles. The molecule has 0 aromatic heterocycles. The lowest BCUT2D eigenvalue weighted by Gasteiger charge is -2.44. The second-order valence-corrected chi connectivity index (χ2v) is 6.88. The Morgan fingerprint density at radius 1 is 1.25 bits per heavy atom. The van der Waals surface area contributed by atoms with E-state index in [0.29, 0.717) is 17.7 Å². The quantitative estimate of drug-likeness (QED) is 0.740. The van der Waals surface area contributed by atoms with Crippen LogP contribution in [0.5, 0.6) is 0 Å². The van der Waals surface area contributed by atoms with Crippen molar-refractivity contribution in [1.82, 2.24) is 10.2 Å². The standard InChI is InChI=1S/C17H34N2O/c1-4-18-16(11-7-9-15-10-8-14-20-15)17(19(2)3)12-5-6-13-17/h15-16,18H,4-14H2,1-3H3. The van der Waals surface area contributed by atoms with E-state index in [1.54, 1.807) is 0 Å². The number of ether oxygens (including phenoxy) is 1. The maximum atomic E-state index is 5.76. The Balaban J connectivity index is 1.87. The summed E-state index contributed by atoms with van der Waals surface area (Å²) in [4.78, 5) is 2.50. The third-order valence-electron chi connectivity index (χ3n) is 5.50. The van der Waals surface area contributed by atoms with Gasteiger partial charge in [0.1, 0.15) is 0 Å². The summed E-state index contributed by atoms with van der Waals surface area (Å²) >= 11 is 0. The van der Waals surface area contributed by atoms with E-state index in [-0.39, 0.29) is 0 Å². The van der Waals surface area contributed by atoms with Crippen LogP contribution in [-0.4, -0.2) is 49.8 Å². The summed E-state index contributed by atoms with van der Waals surface area (Å²) in [5.41, 5.74) is 0.395. The van der Waals surface area contributed by atoms with E-state index < -0.39 is 0 Å². The highest BCUT2D eigenvalue weighted by molar-refractivity contribution is 5.01. The van der Waals surface area contributed by atoms with Crippen LogP contribution in [0.4, 0.5) is 0 Å². The molecule has 3 heteroatoms. The third-order valence-corrected chi connectivity index (χ3v) is 5.50. The molecule has 1 N–H and O–H groups in total. The zero-order chi connectivity index (χ0) is 14.4. The van der Waals surface area contributed by atoms with E-state index in [2.05, 4.69) is 31.2 Å². The summed E-state index contributed by atoms with van der Waals surface area (Å²) in [5.74, 6) is 0. The molecule has 0 radical (unpaired) electrons. The minimum atomic E-state index is 0.395. The van der Waals surface area contributed by atoms with Gasteiger partial charge < -0.3 is 15.0 Å². The average Bonchev–Trinajstić information content (AvgIpc) is 3.09. The summed E-state index contributed by atoms with van der Waals surface area (Å²) in [6, 6.07) is 0.645. The normalized spacial score (nSPS) is 27.3. The molecule has 0 amide bonds. The zero-order valence-electron chi connectivity index (χ0n) is 13.8. The molecule has 2 fully saturated rings. The van der Waals surface area contributed by atoms with Crippen LogP contribution < -0.4 is 5.32 Å². The Labute approximate surface area is 125 Å². The van der Waals surface area contributed by atoms with Crippen molar-refractivity contribution in [3.63, 3.8) is 0 Å². The molecule has 1 aliphatic heterocycles. The topological polar surface area (TPSA) is 24.5 Å². The first kappa shape index (κ1) is 16.3. The molecule has 2 rings (SSSR count). The molecule has 1 saturated carbocycles. The van der Waals surface area contributed by atoms with E-state index >= 15 is 0 Å². The Morgan fingerprint density at radius 2 is 2.00 bits per heavy atom. The van der Waals surface area contributed by atoms with Crippen LogP contribution >= 0.6 is 0 Å². The van der Waals surface area contributed by atoms with Gasteiger partial charge >= 0.3 is 0 Å². The molecule has 0 bridgehead atoms. The highest BCUT2D eigenvalue weighted by Gasteiger charge is 2.42. The number of hydrogen-bond donors (Lipinski definition) is 1. The van der Waals surface area contributed by atoms with Crippen molar-refractivity contribution in [1.29, 1.82) is 0 Å². The van der Waals surface area contributed by atoms with E-state index in [0.717, 1.165) is 13.2 Å². The van der Waals surface area contributed by atoms with E-state index in [9.17, 15) is 0 Å². The second-order valence-electron chi connectivity index (χ2n) is 6.88. The van der Waals surface area contributed by atoms with Crippen LogP contribution in [0.1, 0.15) is 64.7 Å². The van der Waals surface area contributed by atoms with Gasteiger partial charge in [-0.25, -0.2) is 0 Å². The number of hydrogen-bond acceptors (Lipinski definition) is 3. The van der Waals surface area contributed by atoms with Crippen molar-refractivity contribution in [2.24, 2.45) is 0 Å². The highest BCUT2D eigenvalue weighted by Crippen LogP contribution is 2.38. The monoisotopic (exact) mass is 282 g/mol. The van der Waals surface area contributed by atoms with E-state index in [1.807, 2.05) is 0 Å². The van der Waals surface area contributed by atoms with Crippen LogP contribution in [0.3, 0.4) is 0 Å². The predicted molar refractivity (Wildman–Crippen MR) is 85.2 cm³/mol. The summed E-state index contributed by atoms with van der Waals surface area (Å²) in [5, 5.41) is 3.79. The molecular weight excluding hydrogens is 248 g/mol. The fourth-order valence-corrected chi connectivity index (χ4v) is 4.32. The van der Waals surface area contributed by atoms with Crippen LogP contribution in [0.15, 0.2) is 0 Å². The smallest absolute Gasteiger partial charge is 0.0576 e. The Morgan fingerprint density at radius 3 is 2.55 bits per heavy atom. The van der Waals surface area contributed by atoms with Crippen LogP contribution in [0.2, 0.25) is 0 Å².